The molecule has 0 aliphatic rings. The first-order chi connectivity index (χ1) is 10.1. The lowest BCUT2D eigenvalue weighted by molar-refractivity contribution is -0.124. The van der Waals surface area contributed by atoms with Gasteiger partial charge in [-0.15, -0.1) is 0 Å². The highest BCUT2D eigenvalue weighted by Gasteiger charge is 2.33. The molecule has 1 unspecified atom stereocenters. The summed E-state index contributed by atoms with van der Waals surface area (Å²) in [5, 5.41) is 0. The van der Waals surface area contributed by atoms with Gasteiger partial charge in [0.1, 0.15) is 5.54 Å². The van der Waals surface area contributed by atoms with E-state index in [2.05, 4.69) is 0 Å². The van der Waals surface area contributed by atoms with Crippen molar-refractivity contribution >= 4 is 5.91 Å². The van der Waals surface area contributed by atoms with E-state index >= 15 is 0 Å². The van der Waals surface area contributed by atoms with Crippen molar-refractivity contribution in [2.75, 3.05) is 40.1 Å². The summed E-state index contributed by atoms with van der Waals surface area (Å²) in [6, 6.07) is 9.09. The molecule has 1 atom stereocenters. The number of benzene rings is 1. The Labute approximate surface area is 125 Å². The van der Waals surface area contributed by atoms with Crippen LogP contribution in [0.3, 0.4) is 0 Å². The van der Waals surface area contributed by atoms with Gasteiger partial charge in [0.05, 0.1) is 26.4 Å². The molecule has 1 aromatic carbocycles. The van der Waals surface area contributed by atoms with Crippen LogP contribution in [-0.2, 0) is 24.5 Å². The Bertz CT molecular complexity index is 413. The van der Waals surface area contributed by atoms with Gasteiger partial charge in [-0.25, -0.2) is 0 Å². The van der Waals surface area contributed by atoms with Crippen molar-refractivity contribution in [3.05, 3.63) is 35.9 Å². The fraction of sp³-hybridized carbons (Fsp3) is 0.533. The van der Waals surface area contributed by atoms with Crippen molar-refractivity contribution in [2.24, 2.45) is 11.5 Å². The normalized spacial score (nSPS) is 13.8. The monoisotopic (exact) mass is 296 g/mol. The summed E-state index contributed by atoms with van der Waals surface area (Å²) in [4.78, 5) is 11.7. The first kappa shape index (κ1) is 17.6. The molecule has 0 saturated carbocycles. The SMILES string of the molecule is COCCOCCOCCC(N)(C(N)=O)c1ccccc1. The number of carbonyl (C=O) groups is 1. The van der Waals surface area contributed by atoms with Crippen LogP contribution in [-0.4, -0.2) is 46.1 Å². The molecule has 0 fully saturated rings. The highest BCUT2D eigenvalue weighted by molar-refractivity contribution is 5.85. The van der Waals surface area contributed by atoms with Gasteiger partial charge in [-0.2, -0.15) is 0 Å². The molecule has 0 radical (unpaired) electrons. The van der Waals surface area contributed by atoms with Crippen LogP contribution in [0.15, 0.2) is 30.3 Å². The van der Waals surface area contributed by atoms with Crippen molar-refractivity contribution in [1.29, 1.82) is 0 Å². The zero-order valence-corrected chi connectivity index (χ0v) is 12.4. The van der Waals surface area contributed by atoms with E-state index in [4.69, 9.17) is 25.7 Å². The summed E-state index contributed by atoms with van der Waals surface area (Å²) in [7, 11) is 1.62. The van der Waals surface area contributed by atoms with Crippen molar-refractivity contribution in [2.45, 2.75) is 12.0 Å². The van der Waals surface area contributed by atoms with Crippen molar-refractivity contribution in [3.63, 3.8) is 0 Å². The summed E-state index contributed by atoms with van der Waals surface area (Å²) in [5.41, 5.74) is 11.1. The first-order valence-corrected chi connectivity index (χ1v) is 6.90. The molecule has 1 rings (SSSR count). The molecule has 0 bridgehead atoms. The second-order valence-corrected chi connectivity index (χ2v) is 4.67. The molecule has 0 saturated heterocycles. The average Bonchev–Trinajstić information content (AvgIpc) is 2.50. The zero-order chi connectivity index (χ0) is 15.6. The zero-order valence-electron chi connectivity index (χ0n) is 12.4. The van der Waals surface area contributed by atoms with Crippen LogP contribution >= 0.6 is 0 Å². The summed E-state index contributed by atoms with van der Waals surface area (Å²) in [6.07, 6.45) is 0.324. The second-order valence-electron chi connectivity index (χ2n) is 4.67. The lowest BCUT2D eigenvalue weighted by atomic mass is 9.87. The minimum Gasteiger partial charge on any atom is -0.382 e. The lowest BCUT2D eigenvalue weighted by Crippen LogP contribution is -2.49. The van der Waals surface area contributed by atoms with E-state index in [1.807, 2.05) is 18.2 Å². The number of hydrogen-bond donors (Lipinski definition) is 2. The fourth-order valence-electron chi connectivity index (χ4n) is 1.84. The Morgan fingerprint density at radius 1 is 1.05 bits per heavy atom. The van der Waals surface area contributed by atoms with E-state index in [0.29, 0.717) is 45.0 Å². The highest BCUT2D eigenvalue weighted by Crippen LogP contribution is 2.21. The van der Waals surface area contributed by atoms with Gasteiger partial charge in [-0.1, -0.05) is 30.3 Å². The lowest BCUT2D eigenvalue weighted by Gasteiger charge is -2.26. The smallest absolute Gasteiger partial charge is 0.242 e. The summed E-state index contributed by atoms with van der Waals surface area (Å²) >= 11 is 0. The molecule has 21 heavy (non-hydrogen) atoms. The van der Waals surface area contributed by atoms with Crippen LogP contribution in [0.4, 0.5) is 0 Å². The van der Waals surface area contributed by atoms with Gasteiger partial charge in [0.15, 0.2) is 0 Å². The third-order valence-corrected chi connectivity index (χ3v) is 3.17. The maximum Gasteiger partial charge on any atom is 0.242 e. The number of carbonyl (C=O) groups excluding carboxylic acids is 1. The van der Waals surface area contributed by atoms with E-state index in [9.17, 15) is 4.79 Å². The number of ether oxygens (including phenoxy) is 3. The van der Waals surface area contributed by atoms with E-state index < -0.39 is 11.4 Å². The predicted octanol–water partition coefficient (Wildman–Crippen LogP) is 0.396. The Morgan fingerprint density at radius 3 is 2.19 bits per heavy atom. The molecule has 1 aromatic rings. The van der Waals surface area contributed by atoms with Crippen LogP contribution in [0.25, 0.3) is 0 Å². The van der Waals surface area contributed by atoms with Crippen molar-refractivity contribution in [3.8, 4) is 0 Å². The van der Waals surface area contributed by atoms with Crippen LogP contribution in [0.1, 0.15) is 12.0 Å². The molecule has 118 valence electrons. The van der Waals surface area contributed by atoms with Crippen molar-refractivity contribution in [1.82, 2.24) is 0 Å². The van der Waals surface area contributed by atoms with Crippen molar-refractivity contribution < 1.29 is 19.0 Å². The van der Waals surface area contributed by atoms with Gasteiger partial charge in [0.25, 0.3) is 0 Å². The van der Waals surface area contributed by atoms with Crippen LogP contribution in [0.5, 0.6) is 0 Å². The van der Waals surface area contributed by atoms with Crippen LogP contribution in [0, 0.1) is 0 Å². The summed E-state index contributed by atoms with van der Waals surface area (Å²) in [5.74, 6) is -0.561. The standard InChI is InChI=1S/C15H24N2O4/c1-19-9-10-21-12-11-20-8-7-15(17,14(16)18)13-5-3-2-4-6-13/h2-6H,7-12,17H2,1H3,(H2,16,18). The summed E-state index contributed by atoms with van der Waals surface area (Å²) in [6.45, 7) is 2.34. The number of nitrogens with two attached hydrogens (primary N) is 2. The third kappa shape index (κ3) is 5.81. The topological polar surface area (TPSA) is 96.8 Å². The van der Waals surface area contributed by atoms with Gasteiger partial charge < -0.3 is 25.7 Å². The Hall–Kier alpha value is -1.47. The fourth-order valence-corrected chi connectivity index (χ4v) is 1.84. The Kier molecular flexibility index (Phi) is 7.92. The average molecular weight is 296 g/mol. The van der Waals surface area contributed by atoms with E-state index in [-0.39, 0.29) is 0 Å². The largest absolute Gasteiger partial charge is 0.382 e. The third-order valence-electron chi connectivity index (χ3n) is 3.17. The van der Waals surface area contributed by atoms with Gasteiger partial charge >= 0.3 is 0 Å². The minimum absolute atomic E-state index is 0.324. The number of primary amides is 1. The molecule has 4 N–H and O–H groups in total. The van der Waals surface area contributed by atoms with Gasteiger partial charge in [-0.05, 0) is 5.56 Å². The van der Waals surface area contributed by atoms with Crippen LogP contribution in [0.2, 0.25) is 0 Å². The van der Waals surface area contributed by atoms with Crippen LogP contribution < -0.4 is 11.5 Å². The quantitative estimate of drug-likeness (QED) is 0.576. The molecular weight excluding hydrogens is 272 g/mol. The minimum atomic E-state index is -1.21. The predicted molar refractivity (Wildman–Crippen MR) is 79.6 cm³/mol. The van der Waals surface area contributed by atoms with Gasteiger partial charge in [0, 0.05) is 20.1 Å². The van der Waals surface area contributed by atoms with Gasteiger partial charge in [-0.3, -0.25) is 4.79 Å². The molecule has 0 aromatic heterocycles. The number of methoxy groups -OCH3 is 1. The van der Waals surface area contributed by atoms with Gasteiger partial charge in [0.2, 0.25) is 5.91 Å². The number of rotatable bonds is 11. The second kappa shape index (κ2) is 9.46. The maximum absolute atomic E-state index is 11.7. The maximum atomic E-state index is 11.7. The molecule has 0 aliphatic carbocycles. The number of hydrogen-bond acceptors (Lipinski definition) is 5. The van der Waals surface area contributed by atoms with E-state index in [1.54, 1.807) is 19.2 Å². The molecule has 6 nitrogen and oxygen atoms in total. The number of amides is 1. The molecule has 0 spiro atoms. The highest BCUT2D eigenvalue weighted by atomic mass is 16.5. The Balaban J connectivity index is 2.34. The molecule has 6 heteroatoms. The molecule has 0 heterocycles. The molecule has 0 aliphatic heterocycles. The van der Waals surface area contributed by atoms with E-state index in [0.717, 1.165) is 0 Å². The molecular formula is C15H24N2O4. The van der Waals surface area contributed by atoms with E-state index in [1.165, 1.54) is 0 Å². The first-order valence-electron chi connectivity index (χ1n) is 6.90. The molecule has 1 amide bonds. The summed E-state index contributed by atoms with van der Waals surface area (Å²) < 4.78 is 15.5. The Morgan fingerprint density at radius 2 is 1.62 bits per heavy atom.